The summed E-state index contributed by atoms with van der Waals surface area (Å²) < 4.78 is 16.8. The molecule has 0 aliphatic heterocycles. The summed E-state index contributed by atoms with van der Waals surface area (Å²) in [5.74, 6) is -0.169. The van der Waals surface area contributed by atoms with Gasteiger partial charge in [-0.05, 0) is 89.0 Å². The van der Waals surface area contributed by atoms with Crippen LogP contribution in [0.2, 0.25) is 0 Å². The standard InChI is InChI=1S/C12H15BrO3.C8H7BrO3/c1-12(2,3)16-11(14)8-5-6-9(13)10(7-8)15-4;1-12-7-4-5(8(10)11)2-3-6(7)9/h5-7H,1-4H3;2-4H,1H3,(H,10,11). The minimum absolute atomic E-state index is 0.218. The molecule has 0 saturated heterocycles. The highest BCUT2D eigenvalue weighted by Gasteiger charge is 2.18. The van der Waals surface area contributed by atoms with Crippen LogP contribution in [0.4, 0.5) is 0 Å². The fraction of sp³-hybridized carbons (Fsp3) is 0.300. The average Bonchev–Trinajstić information content (AvgIpc) is 2.61. The third-order valence-corrected chi connectivity index (χ3v) is 4.49. The first-order chi connectivity index (χ1) is 13.0. The van der Waals surface area contributed by atoms with Crippen molar-refractivity contribution in [3.05, 3.63) is 56.5 Å². The van der Waals surface area contributed by atoms with Gasteiger partial charge in [-0.2, -0.15) is 0 Å². The first kappa shape index (κ1) is 24.0. The lowest BCUT2D eigenvalue weighted by molar-refractivity contribution is 0.00689. The highest BCUT2D eigenvalue weighted by molar-refractivity contribution is 9.10. The van der Waals surface area contributed by atoms with E-state index in [0.29, 0.717) is 17.1 Å². The Bertz CT molecular complexity index is 843. The molecule has 0 aliphatic rings. The zero-order valence-corrected chi connectivity index (χ0v) is 19.4. The maximum atomic E-state index is 11.7. The van der Waals surface area contributed by atoms with E-state index in [1.54, 1.807) is 31.4 Å². The normalized spacial score (nSPS) is 10.4. The third kappa shape index (κ3) is 7.52. The molecule has 0 heterocycles. The number of aromatic carboxylic acids is 1. The largest absolute Gasteiger partial charge is 0.496 e. The Labute approximate surface area is 181 Å². The molecule has 0 spiro atoms. The van der Waals surface area contributed by atoms with E-state index in [9.17, 15) is 9.59 Å². The number of ether oxygens (including phenoxy) is 3. The number of hydrogen-bond acceptors (Lipinski definition) is 5. The van der Waals surface area contributed by atoms with Crippen molar-refractivity contribution in [1.29, 1.82) is 0 Å². The number of benzene rings is 2. The van der Waals surface area contributed by atoms with Crippen molar-refractivity contribution in [1.82, 2.24) is 0 Å². The van der Waals surface area contributed by atoms with Gasteiger partial charge in [-0.1, -0.05) is 0 Å². The Kier molecular flexibility index (Phi) is 8.97. The molecule has 0 atom stereocenters. The van der Waals surface area contributed by atoms with E-state index in [2.05, 4.69) is 31.9 Å². The maximum absolute atomic E-state index is 11.7. The van der Waals surface area contributed by atoms with Crippen LogP contribution in [0.5, 0.6) is 11.5 Å². The first-order valence-corrected chi connectivity index (χ1v) is 9.70. The summed E-state index contributed by atoms with van der Waals surface area (Å²) >= 11 is 6.55. The van der Waals surface area contributed by atoms with Gasteiger partial charge in [0.15, 0.2) is 0 Å². The molecule has 2 rings (SSSR count). The fourth-order valence-corrected chi connectivity index (χ4v) is 2.73. The highest BCUT2D eigenvalue weighted by Crippen LogP contribution is 2.27. The molecule has 2 aromatic rings. The molecule has 0 aliphatic carbocycles. The molecular formula is C20H22Br2O6. The molecule has 0 saturated carbocycles. The van der Waals surface area contributed by atoms with E-state index in [1.807, 2.05) is 20.8 Å². The van der Waals surface area contributed by atoms with E-state index in [0.717, 1.165) is 8.95 Å². The van der Waals surface area contributed by atoms with Gasteiger partial charge in [0.2, 0.25) is 0 Å². The zero-order valence-electron chi connectivity index (χ0n) is 16.2. The predicted molar refractivity (Wildman–Crippen MR) is 114 cm³/mol. The van der Waals surface area contributed by atoms with E-state index in [4.69, 9.17) is 19.3 Å². The van der Waals surface area contributed by atoms with Crippen LogP contribution in [0.1, 0.15) is 41.5 Å². The van der Waals surface area contributed by atoms with Crippen LogP contribution in [0.15, 0.2) is 45.3 Å². The Morgan fingerprint density at radius 3 is 1.68 bits per heavy atom. The number of hydrogen-bond donors (Lipinski definition) is 1. The van der Waals surface area contributed by atoms with Crippen LogP contribution >= 0.6 is 31.9 Å². The van der Waals surface area contributed by atoms with Crippen LogP contribution in [-0.4, -0.2) is 36.9 Å². The van der Waals surface area contributed by atoms with Crippen molar-refractivity contribution in [3.8, 4) is 11.5 Å². The van der Waals surface area contributed by atoms with Gasteiger partial charge < -0.3 is 19.3 Å². The monoisotopic (exact) mass is 516 g/mol. The van der Waals surface area contributed by atoms with Gasteiger partial charge in [0.1, 0.15) is 17.1 Å². The summed E-state index contributed by atoms with van der Waals surface area (Å²) in [4.78, 5) is 22.3. The molecule has 0 aromatic heterocycles. The number of esters is 1. The van der Waals surface area contributed by atoms with Crippen LogP contribution < -0.4 is 9.47 Å². The molecule has 0 bridgehead atoms. The highest BCUT2D eigenvalue weighted by atomic mass is 79.9. The van der Waals surface area contributed by atoms with Crippen molar-refractivity contribution in [2.45, 2.75) is 26.4 Å². The molecule has 0 fully saturated rings. The number of carboxylic acids is 1. The van der Waals surface area contributed by atoms with Gasteiger partial charge in [-0.3, -0.25) is 0 Å². The van der Waals surface area contributed by atoms with Crippen LogP contribution in [0, 0.1) is 0 Å². The molecule has 2 aromatic carbocycles. The summed E-state index contributed by atoms with van der Waals surface area (Å²) in [6.07, 6.45) is 0. The molecule has 152 valence electrons. The van der Waals surface area contributed by atoms with Gasteiger partial charge in [-0.15, -0.1) is 0 Å². The van der Waals surface area contributed by atoms with E-state index >= 15 is 0 Å². The Morgan fingerprint density at radius 2 is 1.29 bits per heavy atom. The molecule has 0 unspecified atom stereocenters. The second-order valence-electron chi connectivity index (χ2n) is 6.51. The topological polar surface area (TPSA) is 82.1 Å². The quantitative estimate of drug-likeness (QED) is 0.534. The van der Waals surface area contributed by atoms with Crippen molar-refractivity contribution in [3.63, 3.8) is 0 Å². The summed E-state index contributed by atoms with van der Waals surface area (Å²) in [5.41, 5.74) is 0.210. The minimum Gasteiger partial charge on any atom is -0.496 e. The zero-order chi connectivity index (χ0) is 21.5. The molecule has 0 radical (unpaired) electrons. The van der Waals surface area contributed by atoms with Crippen LogP contribution in [0.25, 0.3) is 0 Å². The summed E-state index contributed by atoms with van der Waals surface area (Å²) in [6.45, 7) is 5.50. The smallest absolute Gasteiger partial charge is 0.338 e. The Morgan fingerprint density at radius 1 is 0.857 bits per heavy atom. The molecule has 6 nitrogen and oxygen atoms in total. The SMILES string of the molecule is COc1cc(C(=O)O)ccc1Br.COc1cc(C(=O)OC(C)(C)C)ccc1Br. The first-order valence-electron chi connectivity index (χ1n) is 8.12. The van der Waals surface area contributed by atoms with Crippen molar-refractivity contribution < 1.29 is 28.9 Å². The summed E-state index contributed by atoms with van der Waals surface area (Å²) in [7, 11) is 3.05. The molecule has 8 heteroatoms. The third-order valence-electron chi connectivity index (χ3n) is 3.18. The van der Waals surface area contributed by atoms with Gasteiger partial charge in [0, 0.05) is 0 Å². The lowest BCUT2D eigenvalue weighted by atomic mass is 10.1. The number of halogens is 2. The molecule has 28 heavy (non-hydrogen) atoms. The number of rotatable bonds is 4. The van der Waals surface area contributed by atoms with E-state index in [-0.39, 0.29) is 11.5 Å². The van der Waals surface area contributed by atoms with E-state index < -0.39 is 11.6 Å². The van der Waals surface area contributed by atoms with Gasteiger partial charge in [-0.25, -0.2) is 9.59 Å². The lowest BCUT2D eigenvalue weighted by Crippen LogP contribution is -2.23. The summed E-state index contributed by atoms with van der Waals surface area (Å²) in [6, 6.07) is 9.72. The molecule has 1 N–H and O–H groups in total. The second kappa shape index (κ2) is 10.5. The number of carboxylic acid groups (broad SMARTS) is 1. The van der Waals surface area contributed by atoms with Crippen molar-refractivity contribution in [2.75, 3.05) is 14.2 Å². The number of carbonyl (C=O) groups is 2. The summed E-state index contributed by atoms with van der Waals surface area (Å²) in [5, 5.41) is 8.62. The fourth-order valence-electron chi connectivity index (χ4n) is 1.92. The van der Waals surface area contributed by atoms with E-state index in [1.165, 1.54) is 19.2 Å². The second-order valence-corrected chi connectivity index (χ2v) is 8.21. The van der Waals surface area contributed by atoms with Crippen LogP contribution in [0.3, 0.4) is 0 Å². The van der Waals surface area contributed by atoms with Gasteiger partial charge in [0.25, 0.3) is 0 Å². The average molecular weight is 518 g/mol. The van der Waals surface area contributed by atoms with Crippen LogP contribution in [-0.2, 0) is 4.74 Å². The number of methoxy groups -OCH3 is 2. The van der Waals surface area contributed by atoms with Gasteiger partial charge in [0.05, 0.1) is 34.3 Å². The van der Waals surface area contributed by atoms with Crippen molar-refractivity contribution >= 4 is 43.8 Å². The van der Waals surface area contributed by atoms with Crippen molar-refractivity contribution in [2.24, 2.45) is 0 Å². The number of carbonyl (C=O) groups excluding carboxylic acids is 1. The molecule has 0 amide bonds. The molecular weight excluding hydrogens is 496 g/mol. The predicted octanol–water partition coefficient (Wildman–Crippen LogP) is 5.57. The Hall–Kier alpha value is -2.06. The minimum atomic E-state index is -0.958. The maximum Gasteiger partial charge on any atom is 0.338 e. The lowest BCUT2D eigenvalue weighted by Gasteiger charge is -2.19. The Balaban J connectivity index is 0.000000292. The van der Waals surface area contributed by atoms with Gasteiger partial charge >= 0.3 is 11.9 Å².